The summed E-state index contributed by atoms with van der Waals surface area (Å²) in [4.78, 5) is 28.6. The number of anilines is 1. The molecular formula is C29H32Cl3N3O5S. The largest absolute Gasteiger partial charge is 0.495 e. The molecular weight excluding hydrogens is 609 g/mol. The molecule has 3 aromatic carbocycles. The lowest BCUT2D eigenvalue weighted by Gasteiger charge is -2.33. The third-order valence-electron chi connectivity index (χ3n) is 6.21. The molecule has 12 heteroatoms. The molecule has 0 spiro atoms. The molecule has 2 amide bonds. The van der Waals surface area contributed by atoms with Gasteiger partial charge in [0.1, 0.15) is 18.3 Å². The second-order valence-electron chi connectivity index (χ2n) is 9.49. The van der Waals surface area contributed by atoms with Gasteiger partial charge in [0.05, 0.1) is 22.7 Å². The summed E-state index contributed by atoms with van der Waals surface area (Å²) < 4.78 is 34.0. The van der Waals surface area contributed by atoms with Gasteiger partial charge in [-0.25, -0.2) is 8.42 Å². The number of methoxy groups -OCH3 is 1. The lowest BCUT2D eigenvalue weighted by atomic mass is 10.1. The van der Waals surface area contributed by atoms with Gasteiger partial charge in [0, 0.05) is 22.6 Å². The van der Waals surface area contributed by atoms with E-state index >= 15 is 0 Å². The molecule has 0 bridgehead atoms. The van der Waals surface area contributed by atoms with Crippen LogP contribution in [0.25, 0.3) is 0 Å². The van der Waals surface area contributed by atoms with Crippen LogP contribution in [0.5, 0.6) is 5.75 Å². The molecule has 0 aliphatic heterocycles. The molecule has 1 atom stereocenters. The monoisotopic (exact) mass is 639 g/mol. The Labute approximate surface area is 256 Å². The third kappa shape index (κ3) is 8.07. The molecule has 0 heterocycles. The van der Waals surface area contributed by atoms with Crippen molar-refractivity contribution < 1.29 is 22.7 Å². The Morgan fingerprint density at radius 1 is 0.951 bits per heavy atom. The number of nitrogens with one attached hydrogen (secondary N) is 1. The number of halogens is 3. The highest BCUT2D eigenvalue weighted by molar-refractivity contribution is 7.92. The van der Waals surface area contributed by atoms with E-state index in [2.05, 4.69) is 5.32 Å². The van der Waals surface area contributed by atoms with Gasteiger partial charge in [-0.2, -0.15) is 0 Å². The Hall–Kier alpha value is -2.98. The molecule has 1 N–H and O–H groups in total. The van der Waals surface area contributed by atoms with Crippen LogP contribution in [0.1, 0.15) is 32.8 Å². The summed E-state index contributed by atoms with van der Waals surface area (Å²) in [5, 5.41) is 3.74. The van der Waals surface area contributed by atoms with Gasteiger partial charge in [-0.3, -0.25) is 13.9 Å². The van der Waals surface area contributed by atoms with Gasteiger partial charge in [-0.1, -0.05) is 66.0 Å². The van der Waals surface area contributed by atoms with E-state index in [-0.39, 0.29) is 40.5 Å². The predicted molar refractivity (Wildman–Crippen MR) is 163 cm³/mol. The van der Waals surface area contributed by atoms with Crippen molar-refractivity contribution in [3.05, 3.63) is 87.4 Å². The van der Waals surface area contributed by atoms with E-state index in [0.29, 0.717) is 21.4 Å². The van der Waals surface area contributed by atoms with Crippen molar-refractivity contribution in [2.45, 2.75) is 50.7 Å². The second kappa shape index (κ2) is 14.3. The van der Waals surface area contributed by atoms with Crippen LogP contribution in [-0.2, 0) is 26.2 Å². The molecule has 0 fully saturated rings. The average molecular weight is 641 g/mol. The summed E-state index contributed by atoms with van der Waals surface area (Å²) in [6.07, 6.45) is 0.273. The smallest absolute Gasteiger partial charge is 0.264 e. The van der Waals surface area contributed by atoms with Gasteiger partial charge in [-0.05, 0) is 68.3 Å². The fourth-order valence-electron chi connectivity index (χ4n) is 4.19. The number of hydrogen-bond acceptors (Lipinski definition) is 5. The van der Waals surface area contributed by atoms with Crippen molar-refractivity contribution in [1.29, 1.82) is 0 Å². The summed E-state index contributed by atoms with van der Waals surface area (Å²) in [5.74, 6) is -0.645. The van der Waals surface area contributed by atoms with Gasteiger partial charge < -0.3 is 15.0 Å². The van der Waals surface area contributed by atoms with E-state index in [1.165, 1.54) is 42.3 Å². The molecule has 220 valence electrons. The van der Waals surface area contributed by atoms with E-state index in [0.717, 1.165) is 4.31 Å². The summed E-state index contributed by atoms with van der Waals surface area (Å²) in [6.45, 7) is 4.73. The average Bonchev–Trinajstić information content (AvgIpc) is 2.92. The van der Waals surface area contributed by atoms with Crippen molar-refractivity contribution in [2.75, 3.05) is 18.0 Å². The minimum atomic E-state index is -4.24. The number of sulfonamides is 1. The summed E-state index contributed by atoms with van der Waals surface area (Å²) in [6, 6.07) is 15.9. The van der Waals surface area contributed by atoms with E-state index in [4.69, 9.17) is 39.5 Å². The number of hydrogen-bond donors (Lipinski definition) is 1. The highest BCUT2D eigenvalue weighted by atomic mass is 35.5. The standard InChI is InChI=1S/C29H32Cl3N3O5S/c1-5-26(29(37)33-19(2)3)34(17-20-11-12-21(30)15-24(20)31)28(36)18-35(22-13-14-27(40-4)25(32)16-22)41(38,39)23-9-7-6-8-10-23/h6-16,19,26H,5,17-18H2,1-4H3,(H,33,37)/t26-/m1/s1. The van der Waals surface area contributed by atoms with E-state index in [9.17, 15) is 18.0 Å². The van der Waals surface area contributed by atoms with Crippen LogP contribution in [0.2, 0.25) is 15.1 Å². The summed E-state index contributed by atoms with van der Waals surface area (Å²) in [5.41, 5.74) is 0.697. The Bertz CT molecular complexity index is 1490. The minimum absolute atomic E-state index is 0.0170. The molecule has 3 rings (SSSR count). The third-order valence-corrected chi connectivity index (χ3v) is 8.88. The topological polar surface area (TPSA) is 96.0 Å². The molecule has 0 saturated heterocycles. The van der Waals surface area contributed by atoms with Crippen LogP contribution in [0.4, 0.5) is 5.69 Å². The number of rotatable bonds is 12. The Morgan fingerprint density at radius 3 is 2.20 bits per heavy atom. The van der Waals surface area contributed by atoms with Gasteiger partial charge in [0.2, 0.25) is 11.8 Å². The van der Waals surface area contributed by atoms with Crippen LogP contribution >= 0.6 is 34.8 Å². The minimum Gasteiger partial charge on any atom is -0.495 e. The molecule has 8 nitrogen and oxygen atoms in total. The van der Waals surface area contributed by atoms with E-state index < -0.39 is 28.5 Å². The van der Waals surface area contributed by atoms with Crippen molar-refractivity contribution in [3.63, 3.8) is 0 Å². The van der Waals surface area contributed by atoms with Gasteiger partial charge in [0.15, 0.2) is 0 Å². The molecule has 0 radical (unpaired) electrons. The second-order valence-corrected chi connectivity index (χ2v) is 12.6. The van der Waals surface area contributed by atoms with Gasteiger partial charge in [-0.15, -0.1) is 0 Å². The number of benzene rings is 3. The zero-order valence-corrected chi connectivity index (χ0v) is 26.2. The van der Waals surface area contributed by atoms with E-state index in [1.807, 2.05) is 13.8 Å². The number of carbonyl (C=O) groups excluding carboxylic acids is 2. The first kappa shape index (κ1) is 32.5. The van der Waals surface area contributed by atoms with Crippen molar-refractivity contribution >= 4 is 62.3 Å². The number of carbonyl (C=O) groups is 2. The summed E-state index contributed by atoms with van der Waals surface area (Å²) in [7, 11) is -2.79. The van der Waals surface area contributed by atoms with E-state index in [1.54, 1.807) is 43.3 Å². The molecule has 3 aromatic rings. The first-order chi connectivity index (χ1) is 19.4. The van der Waals surface area contributed by atoms with Crippen molar-refractivity contribution in [2.24, 2.45) is 0 Å². The Morgan fingerprint density at radius 2 is 1.63 bits per heavy atom. The van der Waals surface area contributed by atoms with Crippen LogP contribution in [0, 0.1) is 0 Å². The van der Waals surface area contributed by atoms with Gasteiger partial charge >= 0.3 is 0 Å². The van der Waals surface area contributed by atoms with Crippen LogP contribution in [0.15, 0.2) is 71.6 Å². The molecule has 0 saturated carbocycles. The molecule has 0 aliphatic carbocycles. The molecule has 0 aliphatic rings. The number of nitrogens with zero attached hydrogens (tertiary/aromatic N) is 2. The van der Waals surface area contributed by atoms with Crippen molar-refractivity contribution in [3.8, 4) is 5.75 Å². The Kier molecular flexibility index (Phi) is 11.3. The first-order valence-electron chi connectivity index (χ1n) is 12.8. The maximum atomic E-state index is 14.1. The maximum Gasteiger partial charge on any atom is 0.264 e. The molecule has 0 aromatic heterocycles. The quantitative estimate of drug-likeness (QED) is 0.255. The fourth-order valence-corrected chi connectivity index (χ4v) is 6.34. The predicted octanol–water partition coefficient (Wildman–Crippen LogP) is 6.18. The maximum absolute atomic E-state index is 14.1. The zero-order valence-electron chi connectivity index (χ0n) is 23.1. The van der Waals surface area contributed by atoms with Crippen LogP contribution in [0.3, 0.4) is 0 Å². The zero-order chi connectivity index (χ0) is 30.3. The SMILES string of the molecule is CC[C@H](C(=O)NC(C)C)N(Cc1ccc(Cl)cc1Cl)C(=O)CN(c1ccc(OC)c(Cl)c1)S(=O)(=O)c1ccccc1. The van der Waals surface area contributed by atoms with Crippen LogP contribution < -0.4 is 14.4 Å². The van der Waals surface area contributed by atoms with Gasteiger partial charge in [0.25, 0.3) is 10.0 Å². The highest BCUT2D eigenvalue weighted by Gasteiger charge is 2.34. The summed E-state index contributed by atoms with van der Waals surface area (Å²) >= 11 is 18.9. The molecule has 0 unspecified atom stereocenters. The highest BCUT2D eigenvalue weighted by Crippen LogP contribution is 2.32. The number of amides is 2. The Balaban J connectivity index is 2.11. The number of ether oxygens (including phenoxy) is 1. The van der Waals surface area contributed by atoms with Crippen molar-refractivity contribution in [1.82, 2.24) is 10.2 Å². The van der Waals surface area contributed by atoms with Crippen LogP contribution in [-0.4, -0.2) is 50.9 Å². The first-order valence-corrected chi connectivity index (χ1v) is 15.4. The normalized spacial score (nSPS) is 12.1. The lowest BCUT2D eigenvalue weighted by Crippen LogP contribution is -2.53. The molecule has 41 heavy (non-hydrogen) atoms. The lowest BCUT2D eigenvalue weighted by molar-refractivity contribution is -0.140. The fraction of sp³-hybridized carbons (Fsp3) is 0.310.